The summed E-state index contributed by atoms with van der Waals surface area (Å²) in [5.41, 5.74) is 0. The van der Waals surface area contributed by atoms with E-state index in [1.807, 2.05) is 4.90 Å². The predicted octanol–water partition coefficient (Wildman–Crippen LogP) is 0.503. The molecule has 2 N–H and O–H groups in total. The molecular weight excluding hydrogens is 254 g/mol. The molecule has 0 aromatic heterocycles. The van der Waals surface area contributed by atoms with Gasteiger partial charge in [0.1, 0.15) is 6.04 Å². The van der Waals surface area contributed by atoms with E-state index in [4.69, 9.17) is 0 Å². The molecule has 1 saturated carbocycles. The molecule has 0 aromatic carbocycles. The number of nitrogens with zero attached hydrogens (tertiary/aromatic N) is 1. The maximum Gasteiger partial charge on any atom is 0.245 e. The molecule has 2 aliphatic heterocycles. The molecule has 2 amide bonds. The molecule has 0 radical (unpaired) electrons. The van der Waals surface area contributed by atoms with Crippen LogP contribution in [0, 0.1) is 11.8 Å². The Bertz CT molecular complexity index is 369. The number of piperidine rings is 1. The second kappa shape index (κ2) is 6.12. The second-order valence-corrected chi connectivity index (χ2v) is 6.38. The Balaban J connectivity index is 1.67. The van der Waals surface area contributed by atoms with Gasteiger partial charge in [-0.25, -0.2) is 0 Å². The zero-order valence-electron chi connectivity index (χ0n) is 12.1. The molecule has 3 fully saturated rings. The summed E-state index contributed by atoms with van der Waals surface area (Å²) in [6, 6.07) is -0.289. The first kappa shape index (κ1) is 13.9. The van der Waals surface area contributed by atoms with Crippen molar-refractivity contribution in [2.75, 3.05) is 26.2 Å². The number of hydrogen-bond acceptors (Lipinski definition) is 3. The number of rotatable bonds is 4. The lowest BCUT2D eigenvalue weighted by Gasteiger charge is -2.33. The van der Waals surface area contributed by atoms with Gasteiger partial charge >= 0.3 is 0 Å². The maximum atomic E-state index is 12.7. The first-order valence-corrected chi connectivity index (χ1v) is 8.05. The van der Waals surface area contributed by atoms with Crippen LogP contribution in [0.25, 0.3) is 0 Å². The average Bonchev–Trinajstić information content (AvgIpc) is 3.20. The normalized spacial score (nSPS) is 25.5. The van der Waals surface area contributed by atoms with Crippen LogP contribution in [0.15, 0.2) is 0 Å². The van der Waals surface area contributed by atoms with Crippen molar-refractivity contribution in [1.29, 1.82) is 0 Å². The van der Waals surface area contributed by atoms with Gasteiger partial charge in [0, 0.05) is 19.0 Å². The average molecular weight is 279 g/mol. The molecule has 1 atom stereocenters. The van der Waals surface area contributed by atoms with Crippen LogP contribution in [-0.2, 0) is 9.59 Å². The molecule has 1 unspecified atom stereocenters. The summed E-state index contributed by atoms with van der Waals surface area (Å²) >= 11 is 0. The number of carbonyl (C=O) groups excluding carboxylic acids is 2. The molecule has 20 heavy (non-hydrogen) atoms. The molecule has 5 nitrogen and oxygen atoms in total. The van der Waals surface area contributed by atoms with Crippen LogP contribution in [0.2, 0.25) is 0 Å². The predicted molar refractivity (Wildman–Crippen MR) is 76.1 cm³/mol. The molecular formula is C15H25N3O2. The fourth-order valence-corrected chi connectivity index (χ4v) is 3.31. The van der Waals surface area contributed by atoms with Crippen LogP contribution in [0.5, 0.6) is 0 Å². The van der Waals surface area contributed by atoms with Gasteiger partial charge in [0.15, 0.2) is 0 Å². The fourth-order valence-electron chi connectivity index (χ4n) is 3.31. The molecule has 3 rings (SSSR count). The van der Waals surface area contributed by atoms with E-state index in [9.17, 15) is 9.59 Å². The zero-order chi connectivity index (χ0) is 13.9. The van der Waals surface area contributed by atoms with Crippen LogP contribution >= 0.6 is 0 Å². The maximum absolute atomic E-state index is 12.7. The molecule has 2 saturated heterocycles. The van der Waals surface area contributed by atoms with Crippen molar-refractivity contribution in [3.63, 3.8) is 0 Å². The number of hydrogen-bond donors (Lipinski definition) is 2. The third-order valence-corrected chi connectivity index (χ3v) is 4.78. The van der Waals surface area contributed by atoms with E-state index in [1.165, 1.54) is 0 Å². The Labute approximate surface area is 120 Å². The Morgan fingerprint density at radius 3 is 2.30 bits per heavy atom. The lowest BCUT2D eigenvalue weighted by atomic mass is 9.89. The van der Waals surface area contributed by atoms with Gasteiger partial charge in [-0.3, -0.25) is 9.59 Å². The van der Waals surface area contributed by atoms with E-state index in [-0.39, 0.29) is 23.8 Å². The molecule has 2 heterocycles. The highest BCUT2D eigenvalue weighted by molar-refractivity contribution is 5.89. The van der Waals surface area contributed by atoms with Crippen molar-refractivity contribution in [3.8, 4) is 0 Å². The topological polar surface area (TPSA) is 61.4 Å². The zero-order valence-corrected chi connectivity index (χ0v) is 12.1. The van der Waals surface area contributed by atoms with Crippen molar-refractivity contribution in [1.82, 2.24) is 15.5 Å². The quantitative estimate of drug-likeness (QED) is 0.788. The van der Waals surface area contributed by atoms with E-state index in [0.29, 0.717) is 5.92 Å². The second-order valence-electron chi connectivity index (χ2n) is 6.38. The van der Waals surface area contributed by atoms with Gasteiger partial charge in [0.25, 0.3) is 0 Å². The van der Waals surface area contributed by atoms with Gasteiger partial charge < -0.3 is 15.5 Å². The third-order valence-electron chi connectivity index (χ3n) is 4.78. The fraction of sp³-hybridized carbons (Fsp3) is 0.867. The minimum Gasteiger partial charge on any atom is -0.344 e. The largest absolute Gasteiger partial charge is 0.344 e. The Hall–Kier alpha value is -1.10. The van der Waals surface area contributed by atoms with Crippen LogP contribution < -0.4 is 10.6 Å². The molecule has 1 aliphatic carbocycles. The SMILES string of the molecule is O=C(NC(C(=O)N1CCCC1)C1CCNCC1)C1CC1. The number of nitrogens with one attached hydrogen (secondary N) is 2. The Kier molecular flexibility index (Phi) is 4.24. The van der Waals surface area contributed by atoms with Gasteiger partial charge in [-0.1, -0.05) is 0 Å². The summed E-state index contributed by atoms with van der Waals surface area (Å²) in [5, 5.41) is 6.40. The molecule has 0 aromatic rings. The molecule has 0 spiro atoms. The van der Waals surface area contributed by atoms with Crippen molar-refractivity contribution >= 4 is 11.8 Å². The summed E-state index contributed by atoms with van der Waals surface area (Å²) in [7, 11) is 0. The van der Waals surface area contributed by atoms with Crippen LogP contribution in [0.4, 0.5) is 0 Å². The van der Waals surface area contributed by atoms with E-state index >= 15 is 0 Å². The van der Waals surface area contributed by atoms with Gasteiger partial charge in [0.2, 0.25) is 11.8 Å². The van der Waals surface area contributed by atoms with Gasteiger partial charge in [-0.05, 0) is 57.5 Å². The smallest absolute Gasteiger partial charge is 0.245 e. The highest BCUT2D eigenvalue weighted by Gasteiger charge is 2.38. The lowest BCUT2D eigenvalue weighted by Crippen LogP contribution is -2.53. The van der Waals surface area contributed by atoms with E-state index in [2.05, 4.69) is 10.6 Å². The standard InChI is InChI=1S/C15H25N3O2/c19-14(12-3-4-12)17-13(11-5-7-16-8-6-11)15(20)18-9-1-2-10-18/h11-13,16H,1-10H2,(H,17,19). The highest BCUT2D eigenvalue weighted by Crippen LogP contribution is 2.30. The van der Waals surface area contributed by atoms with Crippen LogP contribution in [-0.4, -0.2) is 48.9 Å². The van der Waals surface area contributed by atoms with Crippen molar-refractivity contribution < 1.29 is 9.59 Å². The number of likely N-dealkylation sites (tertiary alicyclic amines) is 1. The molecule has 112 valence electrons. The molecule has 3 aliphatic rings. The summed E-state index contributed by atoms with van der Waals surface area (Å²) in [5.74, 6) is 0.724. The minimum absolute atomic E-state index is 0.0982. The third kappa shape index (κ3) is 3.14. The van der Waals surface area contributed by atoms with Crippen LogP contribution in [0.3, 0.4) is 0 Å². The van der Waals surface area contributed by atoms with Gasteiger partial charge in [0.05, 0.1) is 0 Å². The van der Waals surface area contributed by atoms with E-state index < -0.39 is 0 Å². The summed E-state index contributed by atoms with van der Waals surface area (Å²) < 4.78 is 0. The van der Waals surface area contributed by atoms with Crippen molar-refractivity contribution in [3.05, 3.63) is 0 Å². The van der Waals surface area contributed by atoms with Crippen molar-refractivity contribution in [2.24, 2.45) is 11.8 Å². The summed E-state index contributed by atoms with van der Waals surface area (Å²) in [6.07, 6.45) is 6.14. The Morgan fingerprint density at radius 2 is 1.70 bits per heavy atom. The summed E-state index contributed by atoms with van der Waals surface area (Å²) in [4.78, 5) is 26.7. The summed E-state index contributed by atoms with van der Waals surface area (Å²) in [6.45, 7) is 3.63. The Morgan fingerprint density at radius 1 is 1.05 bits per heavy atom. The van der Waals surface area contributed by atoms with Crippen molar-refractivity contribution in [2.45, 2.75) is 44.6 Å². The van der Waals surface area contributed by atoms with E-state index in [0.717, 1.165) is 64.7 Å². The highest BCUT2D eigenvalue weighted by atomic mass is 16.2. The van der Waals surface area contributed by atoms with Gasteiger partial charge in [-0.2, -0.15) is 0 Å². The number of carbonyl (C=O) groups is 2. The van der Waals surface area contributed by atoms with Gasteiger partial charge in [-0.15, -0.1) is 0 Å². The van der Waals surface area contributed by atoms with E-state index in [1.54, 1.807) is 0 Å². The molecule has 5 heteroatoms. The molecule has 0 bridgehead atoms. The number of amides is 2. The first-order valence-electron chi connectivity index (χ1n) is 8.05. The lowest BCUT2D eigenvalue weighted by molar-refractivity contribution is -0.137. The monoisotopic (exact) mass is 279 g/mol. The minimum atomic E-state index is -0.289. The first-order chi connectivity index (χ1) is 9.75. The van der Waals surface area contributed by atoms with Crippen LogP contribution in [0.1, 0.15) is 38.5 Å².